The highest BCUT2D eigenvalue weighted by molar-refractivity contribution is 7.17. The Morgan fingerprint density at radius 2 is 1.68 bits per heavy atom. The van der Waals surface area contributed by atoms with Crippen LogP contribution in [0, 0.1) is 13.8 Å². The highest BCUT2D eigenvalue weighted by Crippen LogP contribution is 2.44. The van der Waals surface area contributed by atoms with Crippen LogP contribution in [0.15, 0.2) is 84.4 Å². The summed E-state index contributed by atoms with van der Waals surface area (Å²) in [5.74, 6) is -1.93. The third-order valence-corrected chi connectivity index (χ3v) is 7.85. The van der Waals surface area contributed by atoms with Crippen molar-refractivity contribution in [3.8, 4) is 5.75 Å². The van der Waals surface area contributed by atoms with Crippen LogP contribution in [0.5, 0.6) is 5.75 Å². The lowest BCUT2D eigenvalue weighted by Crippen LogP contribution is -2.29. The molecule has 1 atom stereocenters. The van der Waals surface area contributed by atoms with Gasteiger partial charge in [0.15, 0.2) is 5.13 Å². The molecule has 1 aliphatic heterocycles. The minimum atomic E-state index is -0.954. The fourth-order valence-electron chi connectivity index (χ4n) is 4.73. The quantitative estimate of drug-likeness (QED) is 0.118. The van der Waals surface area contributed by atoms with Crippen LogP contribution in [0.3, 0.4) is 0 Å². The van der Waals surface area contributed by atoms with Crippen molar-refractivity contribution in [3.05, 3.63) is 117 Å². The largest absolute Gasteiger partial charge is 0.507 e. The molecule has 0 spiro atoms. The Bertz CT molecular complexity index is 1650. The molecular formula is C32H28N2O6S. The average molecular weight is 569 g/mol. The zero-order valence-corrected chi connectivity index (χ0v) is 23.6. The number of esters is 1. The molecule has 1 aromatic heterocycles. The van der Waals surface area contributed by atoms with Gasteiger partial charge in [-0.05, 0) is 55.7 Å². The number of ketones is 1. The zero-order valence-electron chi connectivity index (χ0n) is 22.8. The first-order valence-electron chi connectivity index (χ1n) is 13.1. The number of aliphatic hydroxyl groups excluding tert-OH is 1. The number of aliphatic hydroxyl groups is 1. The molecule has 0 saturated carbocycles. The molecule has 9 heteroatoms. The van der Waals surface area contributed by atoms with E-state index in [0.29, 0.717) is 34.7 Å². The highest BCUT2D eigenvalue weighted by Gasteiger charge is 2.48. The van der Waals surface area contributed by atoms with Crippen LogP contribution in [-0.4, -0.2) is 34.4 Å². The SMILES string of the molecule is CCOC(=O)c1sc(N2C(=O)C(=O)/C(=C(/O)c3ccc(OCc4ccccc4)cc3C)[C@H]2c2ccccc2)nc1C. The Morgan fingerprint density at radius 1 is 1.00 bits per heavy atom. The summed E-state index contributed by atoms with van der Waals surface area (Å²) < 4.78 is 11.0. The number of carbonyl (C=O) groups is 3. The van der Waals surface area contributed by atoms with E-state index >= 15 is 0 Å². The molecule has 3 aromatic carbocycles. The molecule has 0 bridgehead atoms. The lowest BCUT2D eigenvalue weighted by atomic mass is 9.94. The van der Waals surface area contributed by atoms with Crippen LogP contribution in [-0.2, 0) is 20.9 Å². The topological polar surface area (TPSA) is 106 Å². The van der Waals surface area contributed by atoms with E-state index < -0.39 is 23.7 Å². The van der Waals surface area contributed by atoms with E-state index in [0.717, 1.165) is 16.9 Å². The van der Waals surface area contributed by atoms with Crippen molar-refractivity contribution in [1.82, 2.24) is 4.98 Å². The zero-order chi connectivity index (χ0) is 29.1. The van der Waals surface area contributed by atoms with Gasteiger partial charge in [-0.1, -0.05) is 72.0 Å². The van der Waals surface area contributed by atoms with Gasteiger partial charge in [0.1, 0.15) is 23.0 Å². The van der Waals surface area contributed by atoms with Crippen LogP contribution >= 0.6 is 11.3 Å². The molecule has 0 radical (unpaired) electrons. The first kappa shape index (κ1) is 27.8. The molecular weight excluding hydrogens is 540 g/mol. The van der Waals surface area contributed by atoms with Gasteiger partial charge in [0.2, 0.25) is 0 Å². The molecule has 4 aromatic rings. The summed E-state index contributed by atoms with van der Waals surface area (Å²) in [4.78, 5) is 45.4. The summed E-state index contributed by atoms with van der Waals surface area (Å²) in [6, 6.07) is 22.9. The Labute approximate surface area is 241 Å². The van der Waals surface area contributed by atoms with Gasteiger partial charge in [-0.25, -0.2) is 9.78 Å². The molecule has 1 amide bonds. The Morgan fingerprint density at radius 3 is 2.34 bits per heavy atom. The number of thiazole rings is 1. The number of anilines is 1. The number of carbonyl (C=O) groups excluding carboxylic acids is 3. The average Bonchev–Trinajstić information content (AvgIpc) is 3.49. The molecule has 1 N–H and O–H groups in total. The molecule has 5 rings (SSSR count). The fraction of sp³-hybridized carbons (Fsp3) is 0.188. The number of Topliss-reactive ketones (excluding diaryl/α,β-unsaturated/α-hetero) is 1. The smallest absolute Gasteiger partial charge is 0.350 e. The van der Waals surface area contributed by atoms with Crippen molar-refractivity contribution in [2.24, 2.45) is 0 Å². The fourth-order valence-corrected chi connectivity index (χ4v) is 5.72. The summed E-state index contributed by atoms with van der Waals surface area (Å²) in [6.07, 6.45) is 0. The highest BCUT2D eigenvalue weighted by atomic mass is 32.1. The molecule has 2 heterocycles. The maximum atomic E-state index is 13.5. The van der Waals surface area contributed by atoms with Crippen molar-refractivity contribution >= 4 is 39.9 Å². The number of hydrogen-bond donors (Lipinski definition) is 1. The maximum absolute atomic E-state index is 13.5. The van der Waals surface area contributed by atoms with E-state index in [1.54, 1.807) is 63.2 Å². The second-order valence-electron chi connectivity index (χ2n) is 9.46. The van der Waals surface area contributed by atoms with Crippen molar-refractivity contribution in [1.29, 1.82) is 0 Å². The Hall–Kier alpha value is -4.76. The van der Waals surface area contributed by atoms with Crippen LogP contribution in [0.1, 0.15) is 50.6 Å². The summed E-state index contributed by atoms with van der Waals surface area (Å²) in [7, 11) is 0. The van der Waals surface area contributed by atoms with Gasteiger partial charge < -0.3 is 14.6 Å². The normalized spacial score (nSPS) is 16.2. The lowest BCUT2D eigenvalue weighted by molar-refractivity contribution is -0.132. The monoisotopic (exact) mass is 568 g/mol. The Balaban J connectivity index is 1.55. The van der Waals surface area contributed by atoms with Crippen molar-refractivity contribution < 1.29 is 29.0 Å². The van der Waals surface area contributed by atoms with Gasteiger partial charge in [-0.15, -0.1) is 0 Å². The lowest BCUT2D eigenvalue weighted by Gasteiger charge is -2.23. The van der Waals surface area contributed by atoms with Gasteiger partial charge in [-0.2, -0.15) is 0 Å². The van der Waals surface area contributed by atoms with Crippen LogP contribution < -0.4 is 9.64 Å². The minimum absolute atomic E-state index is 0.0622. The van der Waals surface area contributed by atoms with E-state index in [2.05, 4.69) is 4.98 Å². The molecule has 1 fully saturated rings. The number of nitrogens with zero attached hydrogens (tertiary/aromatic N) is 2. The van der Waals surface area contributed by atoms with E-state index in [1.165, 1.54) is 4.90 Å². The Kier molecular flexibility index (Phi) is 7.98. The number of hydrogen-bond acceptors (Lipinski definition) is 8. The van der Waals surface area contributed by atoms with Gasteiger partial charge in [0.05, 0.1) is 23.9 Å². The van der Waals surface area contributed by atoms with E-state index in [9.17, 15) is 19.5 Å². The second-order valence-corrected chi connectivity index (χ2v) is 10.4. The van der Waals surface area contributed by atoms with Crippen molar-refractivity contribution in [3.63, 3.8) is 0 Å². The molecule has 0 aliphatic carbocycles. The van der Waals surface area contributed by atoms with Gasteiger partial charge in [0.25, 0.3) is 5.78 Å². The van der Waals surface area contributed by atoms with Crippen LogP contribution in [0.2, 0.25) is 0 Å². The summed E-state index contributed by atoms with van der Waals surface area (Å²) in [5, 5.41) is 11.7. The van der Waals surface area contributed by atoms with Gasteiger partial charge >= 0.3 is 11.9 Å². The third-order valence-electron chi connectivity index (χ3n) is 6.71. The third kappa shape index (κ3) is 5.49. The van der Waals surface area contributed by atoms with Gasteiger partial charge in [0, 0.05) is 5.56 Å². The summed E-state index contributed by atoms with van der Waals surface area (Å²) in [5.41, 5.74) is 3.02. The first-order valence-corrected chi connectivity index (χ1v) is 13.9. The molecule has 208 valence electrons. The van der Waals surface area contributed by atoms with Crippen LogP contribution in [0.25, 0.3) is 5.76 Å². The minimum Gasteiger partial charge on any atom is -0.507 e. The summed E-state index contributed by atoms with van der Waals surface area (Å²) >= 11 is 0.974. The van der Waals surface area contributed by atoms with E-state index in [-0.39, 0.29) is 27.9 Å². The number of amides is 1. The standard InChI is InChI=1S/C32H28N2O6S/c1-4-39-31(38)29-20(3)33-32(41-29)34-26(22-13-9-6-10-14-22)25(28(36)30(34)37)27(35)24-16-15-23(17-19(24)2)40-18-21-11-7-5-8-12-21/h5-17,26,35H,4,18H2,1-3H3/b27-25+/t26-/m1/s1. The first-order chi connectivity index (χ1) is 19.8. The summed E-state index contributed by atoms with van der Waals surface area (Å²) in [6.45, 7) is 5.72. The van der Waals surface area contributed by atoms with Crippen molar-refractivity contribution in [2.75, 3.05) is 11.5 Å². The number of benzene rings is 3. The molecule has 8 nitrogen and oxygen atoms in total. The predicted octanol–water partition coefficient (Wildman–Crippen LogP) is 6.14. The van der Waals surface area contributed by atoms with Crippen molar-refractivity contribution in [2.45, 2.75) is 33.4 Å². The molecule has 1 saturated heterocycles. The second kappa shape index (κ2) is 11.8. The van der Waals surface area contributed by atoms with Crippen LogP contribution in [0.4, 0.5) is 5.13 Å². The number of aryl methyl sites for hydroxylation is 2. The predicted molar refractivity (Wildman–Crippen MR) is 156 cm³/mol. The van der Waals surface area contributed by atoms with E-state index in [4.69, 9.17) is 9.47 Å². The number of rotatable bonds is 8. The maximum Gasteiger partial charge on any atom is 0.350 e. The number of ether oxygens (including phenoxy) is 2. The molecule has 41 heavy (non-hydrogen) atoms. The van der Waals surface area contributed by atoms with Gasteiger partial charge in [-0.3, -0.25) is 14.5 Å². The molecule has 1 aliphatic rings. The van der Waals surface area contributed by atoms with E-state index in [1.807, 2.05) is 36.4 Å². The number of aromatic nitrogens is 1. The molecule has 0 unspecified atom stereocenters.